The van der Waals surface area contributed by atoms with Gasteiger partial charge in [0.2, 0.25) is 0 Å². The first-order valence-electron chi connectivity index (χ1n) is 10.7. The number of aliphatic hydroxyl groups is 3. The van der Waals surface area contributed by atoms with Crippen LogP contribution in [0.5, 0.6) is 0 Å². The number of carbonyl (C=O) groups excluding carboxylic acids is 2. The number of hydrogen-bond donors (Lipinski definition) is 3. The maximum Gasteiger partial charge on any atom is 0.158 e. The minimum Gasteiger partial charge on any atom is -0.392 e. The lowest BCUT2D eigenvalue weighted by Crippen LogP contribution is -2.23. The van der Waals surface area contributed by atoms with Crippen LogP contribution in [0.1, 0.15) is 78.1 Å². The van der Waals surface area contributed by atoms with Gasteiger partial charge in [-0.05, 0) is 39.0 Å². The van der Waals surface area contributed by atoms with E-state index in [2.05, 4.69) is 6.92 Å². The zero-order valence-corrected chi connectivity index (χ0v) is 17.5. The molecule has 0 spiro atoms. The second kappa shape index (κ2) is 13.0. The highest BCUT2D eigenvalue weighted by molar-refractivity contribution is 5.84. The number of ketones is 2. The zero-order valence-electron chi connectivity index (χ0n) is 17.5. The van der Waals surface area contributed by atoms with Crippen molar-refractivity contribution in [3.63, 3.8) is 0 Å². The highest BCUT2D eigenvalue weighted by atomic mass is 16.3. The molecule has 0 aromatic heterocycles. The molecule has 5 heteroatoms. The summed E-state index contributed by atoms with van der Waals surface area (Å²) in [4.78, 5) is 23.3. The molecule has 0 bridgehead atoms. The fourth-order valence-electron chi connectivity index (χ4n) is 3.72. The van der Waals surface area contributed by atoms with E-state index in [4.69, 9.17) is 5.11 Å². The molecule has 5 nitrogen and oxygen atoms in total. The Hall–Kier alpha value is -1.30. The van der Waals surface area contributed by atoms with Crippen molar-refractivity contribution in [3.8, 4) is 0 Å². The summed E-state index contributed by atoms with van der Waals surface area (Å²) >= 11 is 0. The van der Waals surface area contributed by atoms with Crippen molar-refractivity contribution in [1.82, 2.24) is 0 Å². The maximum absolute atomic E-state index is 12.2. The highest BCUT2D eigenvalue weighted by Gasteiger charge is 2.39. The van der Waals surface area contributed by atoms with Gasteiger partial charge in [0.15, 0.2) is 5.78 Å². The van der Waals surface area contributed by atoms with Crippen LogP contribution in [0.4, 0.5) is 0 Å². The summed E-state index contributed by atoms with van der Waals surface area (Å²) in [5.74, 6) is -0.513. The molecule has 0 heterocycles. The lowest BCUT2D eigenvalue weighted by Gasteiger charge is -2.22. The molecule has 0 aromatic rings. The van der Waals surface area contributed by atoms with Gasteiger partial charge in [-0.15, -0.1) is 0 Å². The molecule has 1 rings (SSSR count). The fourth-order valence-corrected chi connectivity index (χ4v) is 3.72. The summed E-state index contributed by atoms with van der Waals surface area (Å²) in [6.07, 6.45) is 14.1. The molecule has 1 unspecified atom stereocenters. The number of carbonyl (C=O) groups is 2. The Morgan fingerprint density at radius 2 is 1.96 bits per heavy atom. The van der Waals surface area contributed by atoms with Gasteiger partial charge in [-0.3, -0.25) is 9.59 Å². The van der Waals surface area contributed by atoms with Crippen LogP contribution in [0.3, 0.4) is 0 Å². The van der Waals surface area contributed by atoms with Crippen LogP contribution < -0.4 is 0 Å². The van der Waals surface area contributed by atoms with Crippen LogP contribution in [-0.2, 0) is 9.59 Å². The van der Waals surface area contributed by atoms with Crippen LogP contribution in [0.15, 0.2) is 24.3 Å². The standard InChI is InChI=1S/C23H38O5/c1-3-4-9-14-23(2,28)15-10-13-20-19(21(26)16-22(20)27)12-8-6-5-7-11-18(25)17-24/h6,8,10,13,19-20,22,24,27-28H,3-5,7,9,11-12,14-17H2,1-2H3/b8-6-,13-10+/t19-,20-,22-,23?/m1/s1. The van der Waals surface area contributed by atoms with Crippen LogP contribution in [0.2, 0.25) is 0 Å². The fraction of sp³-hybridized carbons (Fsp3) is 0.739. The third kappa shape index (κ3) is 9.26. The Balaban J connectivity index is 2.49. The summed E-state index contributed by atoms with van der Waals surface area (Å²) < 4.78 is 0. The highest BCUT2D eigenvalue weighted by Crippen LogP contribution is 2.33. The van der Waals surface area contributed by atoms with E-state index in [9.17, 15) is 19.8 Å². The Bertz CT molecular complexity index is 535. The molecule has 1 fully saturated rings. The molecular weight excluding hydrogens is 356 g/mol. The van der Waals surface area contributed by atoms with E-state index < -0.39 is 18.3 Å². The predicted octanol–water partition coefficient (Wildman–Crippen LogP) is 3.51. The first kappa shape index (κ1) is 24.7. The van der Waals surface area contributed by atoms with Gasteiger partial charge in [-0.1, -0.05) is 50.5 Å². The first-order chi connectivity index (χ1) is 13.3. The van der Waals surface area contributed by atoms with Crippen molar-refractivity contribution in [2.75, 3.05) is 6.61 Å². The van der Waals surface area contributed by atoms with Crippen molar-refractivity contribution in [2.24, 2.45) is 11.8 Å². The van der Waals surface area contributed by atoms with Gasteiger partial charge >= 0.3 is 0 Å². The van der Waals surface area contributed by atoms with E-state index in [1.165, 1.54) is 0 Å². The van der Waals surface area contributed by atoms with Crippen LogP contribution in [0, 0.1) is 11.8 Å². The van der Waals surface area contributed by atoms with Crippen molar-refractivity contribution in [1.29, 1.82) is 0 Å². The first-order valence-corrected chi connectivity index (χ1v) is 10.7. The lowest BCUT2D eigenvalue weighted by atomic mass is 9.89. The zero-order chi connectivity index (χ0) is 21.0. The van der Waals surface area contributed by atoms with E-state index >= 15 is 0 Å². The molecule has 4 atom stereocenters. The van der Waals surface area contributed by atoms with Gasteiger partial charge in [0, 0.05) is 24.7 Å². The third-order valence-electron chi connectivity index (χ3n) is 5.53. The van der Waals surface area contributed by atoms with Crippen molar-refractivity contribution < 1.29 is 24.9 Å². The number of aliphatic hydroxyl groups excluding tert-OH is 2. The monoisotopic (exact) mass is 394 g/mol. The summed E-state index contributed by atoms with van der Waals surface area (Å²) in [5, 5.41) is 29.4. The van der Waals surface area contributed by atoms with Crippen molar-refractivity contribution in [3.05, 3.63) is 24.3 Å². The molecule has 0 saturated heterocycles. The van der Waals surface area contributed by atoms with E-state index in [1.54, 1.807) is 0 Å². The number of Topliss-reactive ketones (excluding diaryl/α,β-unsaturated/α-hetero) is 2. The second-order valence-corrected chi connectivity index (χ2v) is 8.30. The average molecular weight is 395 g/mol. The van der Waals surface area contributed by atoms with Crippen molar-refractivity contribution >= 4 is 11.6 Å². The maximum atomic E-state index is 12.2. The molecular formula is C23H38O5. The minimum absolute atomic E-state index is 0.0805. The molecule has 0 aromatic carbocycles. The molecule has 160 valence electrons. The summed E-state index contributed by atoms with van der Waals surface area (Å²) in [7, 11) is 0. The third-order valence-corrected chi connectivity index (χ3v) is 5.53. The molecule has 28 heavy (non-hydrogen) atoms. The SMILES string of the molecule is CCCCCC(C)(O)C/C=C/[C@H]1[C@H](O)CC(=O)[C@@H]1C/C=C\CCCC(=O)CO. The second-order valence-electron chi connectivity index (χ2n) is 8.30. The number of hydrogen-bond acceptors (Lipinski definition) is 5. The predicted molar refractivity (Wildman–Crippen MR) is 111 cm³/mol. The van der Waals surface area contributed by atoms with E-state index in [1.807, 2.05) is 31.2 Å². The van der Waals surface area contributed by atoms with Crippen LogP contribution in [-0.4, -0.2) is 45.2 Å². The van der Waals surface area contributed by atoms with E-state index in [0.717, 1.165) is 32.1 Å². The molecule has 1 saturated carbocycles. The van der Waals surface area contributed by atoms with E-state index in [-0.39, 0.29) is 29.8 Å². The van der Waals surface area contributed by atoms with Gasteiger partial charge in [-0.2, -0.15) is 0 Å². The van der Waals surface area contributed by atoms with Gasteiger partial charge in [0.1, 0.15) is 12.4 Å². The summed E-state index contributed by atoms with van der Waals surface area (Å²) in [5.41, 5.74) is -0.749. The minimum atomic E-state index is -0.749. The normalized spacial score (nSPS) is 25.0. The molecule has 0 radical (unpaired) electrons. The quantitative estimate of drug-likeness (QED) is 0.310. The largest absolute Gasteiger partial charge is 0.392 e. The van der Waals surface area contributed by atoms with Gasteiger partial charge < -0.3 is 15.3 Å². The summed E-state index contributed by atoms with van der Waals surface area (Å²) in [6, 6.07) is 0. The molecule has 3 N–H and O–H groups in total. The van der Waals surface area contributed by atoms with Gasteiger partial charge in [-0.25, -0.2) is 0 Å². The van der Waals surface area contributed by atoms with Crippen molar-refractivity contribution in [2.45, 2.75) is 89.8 Å². The number of allylic oxidation sites excluding steroid dienone is 2. The van der Waals surface area contributed by atoms with Gasteiger partial charge in [0.25, 0.3) is 0 Å². The Labute approximate surface area is 169 Å². The smallest absolute Gasteiger partial charge is 0.158 e. The average Bonchev–Trinajstić information content (AvgIpc) is 2.91. The van der Waals surface area contributed by atoms with E-state index in [0.29, 0.717) is 25.7 Å². The number of rotatable bonds is 14. The lowest BCUT2D eigenvalue weighted by molar-refractivity contribution is -0.122. The molecule has 0 aliphatic heterocycles. The molecule has 1 aliphatic rings. The topological polar surface area (TPSA) is 94.8 Å². The Morgan fingerprint density at radius 3 is 2.64 bits per heavy atom. The van der Waals surface area contributed by atoms with Gasteiger partial charge in [0.05, 0.1) is 11.7 Å². The Kier molecular flexibility index (Phi) is 11.5. The number of unbranched alkanes of at least 4 members (excludes halogenated alkanes) is 3. The molecule has 1 aliphatic carbocycles. The molecule has 0 amide bonds. The Morgan fingerprint density at radius 1 is 1.21 bits per heavy atom. The van der Waals surface area contributed by atoms with Crippen LogP contribution in [0.25, 0.3) is 0 Å². The summed E-state index contributed by atoms with van der Waals surface area (Å²) in [6.45, 7) is 3.57. The van der Waals surface area contributed by atoms with Crippen LogP contribution >= 0.6 is 0 Å².